The van der Waals surface area contributed by atoms with E-state index in [0.717, 1.165) is 26.4 Å². The van der Waals surface area contributed by atoms with Crippen molar-refractivity contribution in [2.75, 3.05) is 26.4 Å². The summed E-state index contributed by atoms with van der Waals surface area (Å²) in [5.74, 6) is 0. The van der Waals surface area contributed by atoms with Gasteiger partial charge >= 0.3 is 0 Å². The van der Waals surface area contributed by atoms with E-state index in [-0.39, 0.29) is 17.0 Å². The van der Waals surface area contributed by atoms with Gasteiger partial charge in [0.15, 0.2) is 0 Å². The van der Waals surface area contributed by atoms with Gasteiger partial charge in [0, 0.05) is 51.0 Å². The summed E-state index contributed by atoms with van der Waals surface area (Å²) in [6, 6.07) is 9.07. The van der Waals surface area contributed by atoms with E-state index in [4.69, 9.17) is 0 Å². The molecule has 5 heteroatoms. The van der Waals surface area contributed by atoms with Crippen molar-refractivity contribution in [3.8, 4) is 0 Å². The summed E-state index contributed by atoms with van der Waals surface area (Å²) in [5, 5.41) is 0. The topological polar surface area (TPSA) is 13.0 Å². The number of halogens is 1. The smallest absolute Gasteiger partial charge is 0.0897 e. The molecule has 0 atom stereocenters. The van der Waals surface area contributed by atoms with Crippen LogP contribution in [-0.4, -0.2) is 46.0 Å². The Hall–Kier alpha value is -1.62. The Bertz CT molecular complexity index is 567. The van der Waals surface area contributed by atoms with Gasteiger partial charge in [0.05, 0.1) is 13.3 Å². The summed E-state index contributed by atoms with van der Waals surface area (Å²) >= 11 is 0. The van der Waals surface area contributed by atoms with Gasteiger partial charge in [0.25, 0.3) is 0 Å². The van der Waals surface area contributed by atoms with Crippen LogP contribution in [-0.2, 0) is 13.1 Å². The highest BCUT2D eigenvalue weighted by molar-refractivity contribution is 5.24. The van der Waals surface area contributed by atoms with Crippen molar-refractivity contribution >= 4 is 0 Å². The first kappa shape index (κ1) is 21.7. The summed E-state index contributed by atoms with van der Waals surface area (Å²) in [4.78, 5) is 9.62. The third kappa shape index (κ3) is 6.80. The van der Waals surface area contributed by atoms with Crippen LogP contribution in [0.3, 0.4) is 0 Å². The summed E-state index contributed by atoms with van der Waals surface area (Å²) < 4.78 is 0. The maximum absolute atomic E-state index is 2.41. The quantitative estimate of drug-likeness (QED) is 0.552. The highest BCUT2D eigenvalue weighted by Gasteiger charge is 2.14. The van der Waals surface area contributed by atoms with E-state index in [0.29, 0.717) is 0 Å². The molecule has 0 N–H and O–H groups in total. The number of hydrogen-bond donors (Lipinski definition) is 0. The van der Waals surface area contributed by atoms with Gasteiger partial charge in [-0.2, -0.15) is 0 Å². The molecule has 27 heavy (non-hydrogen) atoms. The lowest BCUT2D eigenvalue weighted by atomic mass is 10.1. The molecule has 0 aliphatic carbocycles. The molecular formula is C22H34BrN4-. The van der Waals surface area contributed by atoms with E-state index in [1.165, 1.54) is 49.9 Å². The van der Waals surface area contributed by atoms with Crippen LogP contribution in [0.25, 0.3) is 0 Å². The summed E-state index contributed by atoms with van der Waals surface area (Å²) in [7, 11) is 0. The second-order valence-corrected chi connectivity index (χ2v) is 7.52. The van der Waals surface area contributed by atoms with Gasteiger partial charge in [-0.15, -0.1) is 0 Å². The van der Waals surface area contributed by atoms with Crippen LogP contribution in [0.4, 0.5) is 0 Å². The number of hydrogen-bond acceptors (Lipinski definition) is 4. The lowest BCUT2D eigenvalue weighted by molar-refractivity contribution is -0.00000552. The zero-order chi connectivity index (χ0) is 18.2. The molecular weight excluding hydrogens is 400 g/mol. The van der Waals surface area contributed by atoms with Crippen LogP contribution in [0.2, 0.25) is 0 Å². The summed E-state index contributed by atoms with van der Waals surface area (Å²) in [6.07, 6.45) is 14.0. The molecule has 2 aliphatic heterocycles. The predicted octanol–water partition coefficient (Wildman–Crippen LogP) is 1.38. The maximum Gasteiger partial charge on any atom is 0.0897 e. The molecule has 2 heterocycles. The van der Waals surface area contributed by atoms with E-state index in [1.807, 2.05) is 0 Å². The molecule has 3 rings (SSSR count). The van der Waals surface area contributed by atoms with Gasteiger partial charge in [-0.25, -0.2) is 0 Å². The fraction of sp³-hybridized carbons (Fsp3) is 0.545. The van der Waals surface area contributed by atoms with Crippen molar-refractivity contribution in [2.45, 2.75) is 52.6 Å². The van der Waals surface area contributed by atoms with Crippen molar-refractivity contribution in [2.24, 2.45) is 0 Å². The van der Waals surface area contributed by atoms with Crippen LogP contribution in [0, 0.1) is 0 Å². The van der Waals surface area contributed by atoms with Crippen molar-refractivity contribution in [1.82, 2.24) is 19.6 Å². The van der Waals surface area contributed by atoms with Crippen molar-refractivity contribution in [1.29, 1.82) is 0 Å². The van der Waals surface area contributed by atoms with Crippen molar-refractivity contribution in [3.05, 3.63) is 60.2 Å². The number of rotatable bonds is 10. The van der Waals surface area contributed by atoms with Gasteiger partial charge in [-0.1, -0.05) is 51.0 Å². The molecule has 0 aromatic heterocycles. The van der Waals surface area contributed by atoms with Crippen LogP contribution >= 0.6 is 0 Å². The molecule has 1 aromatic carbocycles. The van der Waals surface area contributed by atoms with Crippen LogP contribution in [0.1, 0.15) is 50.7 Å². The molecule has 0 unspecified atom stereocenters. The minimum Gasteiger partial charge on any atom is -1.00 e. The molecule has 150 valence electrons. The van der Waals surface area contributed by atoms with Gasteiger partial charge in [-0.3, -0.25) is 0 Å². The van der Waals surface area contributed by atoms with E-state index in [9.17, 15) is 0 Å². The Morgan fingerprint density at radius 1 is 0.704 bits per heavy atom. The Labute approximate surface area is 175 Å². The lowest BCUT2D eigenvalue weighted by Gasteiger charge is -2.23. The third-order valence-electron chi connectivity index (χ3n) is 5.06. The van der Waals surface area contributed by atoms with Crippen molar-refractivity contribution in [3.63, 3.8) is 0 Å². The molecule has 0 fully saturated rings. The van der Waals surface area contributed by atoms with Gasteiger partial charge in [-0.05, 0) is 24.0 Å². The first-order valence-electron chi connectivity index (χ1n) is 10.2. The SMILES string of the molecule is CCCCN1C=CN(Cc2cccc(CN3C=CN(CCCC)C3)c2)C1.[Br-]. The Morgan fingerprint density at radius 2 is 1.15 bits per heavy atom. The fourth-order valence-corrected chi connectivity index (χ4v) is 3.55. The summed E-state index contributed by atoms with van der Waals surface area (Å²) in [6.45, 7) is 10.9. The van der Waals surface area contributed by atoms with Crippen LogP contribution in [0.5, 0.6) is 0 Å². The Balaban J connectivity index is 0.00000261. The van der Waals surface area contributed by atoms with Gasteiger partial charge < -0.3 is 36.6 Å². The Morgan fingerprint density at radius 3 is 1.59 bits per heavy atom. The number of unbranched alkanes of at least 4 members (excludes halogenated alkanes) is 2. The van der Waals surface area contributed by atoms with Gasteiger partial charge in [0.2, 0.25) is 0 Å². The van der Waals surface area contributed by atoms with E-state index in [2.05, 4.69) is 82.5 Å². The second kappa shape index (κ2) is 11.3. The number of nitrogens with zero attached hydrogens (tertiary/aromatic N) is 4. The molecule has 0 amide bonds. The highest BCUT2D eigenvalue weighted by Crippen LogP contribution is 2.17. The minimum atomic E-state index is 0. The average Bonchev–Trinajstić information content (AvgIpc) is 3.28. The van der Waals surface area contributed by atoms with E-state index >= 15 is 0 Å². The van der Waals surface area contributed by atoms with E-state index in [1.54, 1.807) is 0 Å². The average molecular weight is 434 g/mol. The van der Waals surface area contributed by atoms with E-state index < -0.39 is 0 Å². The zero-order valence-corrected chi connectivity index (χ0v) is 18.4. The maximum atomic E-state index is 2.41. The molecule has 1 aromatic rings. The fourth-order valence-electron chi connectivity index (χ4n) is 3.55. The first-order valence-corrected chi connectivity index (χ1v) is 10.2. The highest BCUT2D eigenvalue weighted by atomic mass is 79.9. The summed E-state index contributed by atoms with van der Waals surface area (Å²) in [5.41, 5.74) is 2.80. The monoisotopic (exact) mass is 433 g/mol. The first-order chi connectivity index (χ1) is 12.8. The molecule has 0 spiro atoms. The van der Waals surface area contributed by atoms with Crippen molar-refractivity contribution < 1.29 is 17.0 Å². The standard InChI is InChI=1S/C22H34N4.BrH/c1-3-5-10-23-12-14-25(19-23)17-21-8-7-9-22(16-21)18-26-15-13-24(20-26)11-6-4-2;/h7-9,12-16H,3-6,10-11,17-20H2,1-2H3;1H/p-1. The lowest BCUT2D eigenvalue weighted by Crippen LogP contribution is -3.00. The molecule has 0 saturated heterocycles. The van der Waals surface area contributed by atoms with Gasteiger partial charge in [0.1, 0.15) is 0 Å². The zero-order valence-electron chi connectivity index (χ0n) is 16.9. The Kier molecular flexibility index (Phi) is 9.05. The largest absolute Gasteiger partial charge is 1.00 e. The normalized spacial score (nSPS) is 15.8. The molecule has 2 aliphatic rings. The van der Waals surface area contributed by atoms with Crippen LogP contribution in [0.15, 0.2) is 49.1 Å². The molecule has 0 saturated carbocycles. The minimum absolute atomic E-state index is 0. The van der Waals surface area contributed by atoms with Crippen LogP contribution < -0.4 is 17.0 Å². The second-order valence-electron chi connectivity index (χ2n) is 7.52. The third-order valence-corrected chi connectivity index (χ3v) is 5.06. The number of benzene rings is 1. The molecule has 4 nitrogen and oxygen atoms in total. The molecule has 0 radical (unpaired) electrons. The predicted molar refractivity (Wildman–Crippen MR) is 109 cm³/mol. The molecule has 0 bridgehead atoms.